The SMILES string of the molecule is CC[C@@H](Oc1ccc2c(c1)CCC2)C(=O)NCCCN1CCOCC1. The Hall–Kier alpha value is -1.59. The van der Waals surface area contributed by atoms with Crippen LogP contribution in [0.1, 0.15) is 37.3 Å². The number of rotatable bonds is 8. The zero-order valence-electron chi connectivity index (χ0n) is 15.3. The minimum Gasteiger partial charge on any atom is -0.481 e. The van der Waals surface area contributed by atoms with Gasteiger partial charge < -0.3 is 14.8 Å². The normalized spacial score (nSPS) is 18.6. The predicted molar refractivity (Wildman–Crippen MR) is 98.1 cm³/mol. The van der Waals surface area contributed by atoms with Gasteiger partial charge >= 0.3 is 0 Å². The van der Waals surface area contributed by atoms with E-state index in [2.05, 4.69) is 22.3 Å². The van der Waals surface area contributed by atoms with Crippen LogP contribution in [0.2, 0.25) is 0 Å². The van der Waals surface area contributed by atoms with E-state index in [0.29, 0.717) is 13.0 Å². The summed E-state index contributed by atoms with van der Waals surface area (Å²) in [6.45, 7) is 7.31. The summed E-state index contributed by atoms with van der Waals surface area (Å²) < 4.78 is 11.3. The fourth-order valence-corrected chi connectivity index (χ4v) is 3.56. The van der Waals surface area contributed by atoms with Crippen molar-refractivity contribution >= 4 is 5.91 Å². The van der Waals surface area contributed by atoms with Gasteiger partial charge in [-0.15, -0.1) is 0 Å². The van der Waals surface area contributed by atoms with Gasteiger partial charge in [0.25, 0.3) is 5.91 Å². The molecule has 1 heterocycles. The highest BCUT2D eigenvalue weighted by Crippen LogP contribution is 2.26. The molecular weight excluding hydrogens is 316 g/mol. The molecule has 1 aliphatic carbocycles. The molecule has 5 heteroatoms. The van der Waals surface area contributed by atoms with E-state index in [1.54, 1.807) is 0 Å². The van der Waals surface area contributed by atoms with Crippen molar-refractivity contribution in [1.82, 2.24) is 10.2 Å². The van der Waals surface area contributed by atoms with Crippen molar-refractivity contribution in [1.29, 1.82) is 0 Å². The van der Waals surface area contributed by atoms with Crippen molar-refractivity contribution < 1.29 is 14.3 Å². The van der Waals surface area contributed by atoms with Crippen LogP contribution in [0.5, 0.6) is 5.75 Å². The first-order valence-electron chi connectivity index (χ1n) is 9.62. The van der Waals surface area contributed by atoms with Crippen molar-refractivity contribution in [2.75, 3.05) is 39.4 Å². The second kappa shape index (κ2) is 9.20. The Bertz CT molecular complexity index is 570. The molecule has 1 atom stereocenters. The molecule has 0 spiro atoms. The number of nitrogens with one attached hydrogen (secondary N) is 1. The van der Waals surface area contributed by atoms with Crippen LogP contribution in [-0.2, 0) is 22.4 Å². The van der Waals surface area contributed by atoms with Crippen molar-refractivity contribution in [2.24, 2.45) is 0 Å². The fourth-order valence-electron chi connectivity index (χ4n) is 3.56. The molecule has 5 nitrogen and oxygen atoms in total. The van der Waals surface area contributed by atoms with E-state index in [-0.39, 0.29) is 5.91 Å². The standard InChI is InChI=1S/C20H30N2O3/c1-2-19(25-18-8-7-16-5-3-6-17(16)15-18)20(23)21-9-4-10-22-11-13-24-14-12-22/h7-8,15,19H,2-6,9-14H2,1H3,(H,21,23)/t19-/m1/s1. The molecule has 0 bridgehead atoms. The Morgan fingerprint density at radius 3 is 2.88 bits per heavy atom. The second-order valence-electron chi connectivity index (χ2n) is 6.90. The van der Waals surface area contributed by atoms with Crippen LogP contribution in [0.25, 0.3) is 0 Å². The lowest BCUT2D eigenvalue weighted by Crippen LogP contribution is -2.41. The van der Waals surface area contributed by atoms with Gasteiger partial charge in [0.1, 0.15) is 5.75 Å². The summed E-state index contributed by atoms with van der Waals surface area (Å²) in [5, 5.41) is 3.02. The van der Waals surface area contributed by atoms with Gasteiger partial charge in [-0.1, -0.05) is 13.0 Å². The molecule has 2 aliphatic rings. The highest BCUT2D eigenvalue weighted by atomic mass is 16.5. The molecule has 1 aliphatic heterocycles. The largest absolute Gasteiger partial charge is 0.481 e. The van der Waals surface area contributed by atoms with E-state index in [4.69, 9.17) is 9.47 Å². The Morgan fingerprint density at radius 2 is 2.08 bits per heavy atom. The minimum atomic E-state index is -0.414. The number of carbonyl (C=O) groups is 1. The number of carbonyl (C=O) groups excluding carboxylic acids is 1. The Balaban J connectivity index is 1.41. The van der Waals surface area contributed by atoms with Crippen molar-refractivity contribution in [3.63, 3.8) is 0 Å². The smallest absolute Gasteiger partial charge is 0.261 e. The first kappa shape index (κ1) is 18.2. The molecule has 3 rings (SSSR count). The number of benzene rings is 1. The molecule has 1 aromatic rings. The van der Waals surface area contributed by atoms with E-state index in [9.17, 15) is 4.79 Å². The van der Waals surface area contributed by atoms with Crippen LogP contribution in [0, 0.1) is 0 Å². The quantitative estimate of drug-likeness (QED) is 0.733. The molecule has 0 unspecified atom stereocenters. The summed E-state index contributed by atoms with van der Waals surface area (Å²) in [7, 11) is 0. The summed E-state index contributed by atoms with van der Waals surface area (Å²) in [5.74, 6) is 0.806. The summed E-state index contributed by atoms with van der Waals surface area (Å²) >= 11 is 0. The van der Waals surface area contributed by atoms with Crippen LogP contribution in [0.15, 0.2) is 18.2 Å². The molecule has 0 aromatic heterocycles. The van der Waals surface area contributed by atoms with Gasteiger partial charge in [-0.2, -0.15) is 0 Å². The lowest BCUT2D eigenvalue weighted by Gasteiger charge is -2.26. The van der Waals surface area contributed by atoms with E-state index in [0.717, 1.165) is 57.9 Å². The average molecular weight is 346 g/mol. The van der Waals surface area contributed by atoms with Gasteiger partial charge in [0.2, 0.25) is 0 Å². The maximum absolute atomic E-state index is 12.4. The van der Waals surface area contributed by atoms with Crippen LogP contribution >= 0.6 is 0 Å². The number of fused-ring (bicyclic) bond motifs is 1. The van der Waals surface area contributed by atoms with Crippen LogP contribution in [0.4, 0.5) is 0 Å². The fraction of sp³-hybridized carbons (Fsp3) is 0.650. The van der Waals surface area contributed by atoms with E-state index in [1.165, 1.54) is 17.5 Å². The number of amides is 1. The van der Waals surface area contributed by atoms with Crippen molar-refractivity contribution in [3.8, 4) is 5.75 Å². The lowest BCUT2D eigenvalue weighted by molar-refractivity contribution is -0.128. The lowest BCUT2D eigenvalue weighted by atomic mass is 10.1. The first-order valence-corrected chi connectivity index (χ1v) is 9.62. The van der Waals surface area contributed by atoms with E-state index in [1.807, 2.05) is 13.0 Å². The van der Waals surface area contributed by atoms with Gasteiger partial charge in [0.05, 0.1) is 13.2 Å². The minimum absolute atomic E-state index is 0.00928. The molecule has 0 radical (unpaired) electrons. The van der Waals surface area contributed by atoms with Gasteiger partial charge in [-0.25, -0.2) is 0 Å². The van der Waals surface area contributed by atoms with E-state index < -0.39 is 6.10 Å². The molecule has 138 valence electrons. The van der Waals surface area contributed by atoms with Crippen LogP contribution in [0.3, 0.4) is 0 Å². The van der Waals surface area contributed by atoms with Gasteiger partial charge in [0.15, 0.2) is 6.10 Å². The number of hydrogen-bond acceptors (Lipinski definition) is 4. The summed E-state index contributed by atoms with van der Waals surface area (Å²) in [6.07, 6.45) is 4.73. The summed E-state index contributed by atoms with van der Waals surface area (Å²) in [4.78, 5) is 14.8. The zero-order chi connectivity index (χ0) is 17.5. The Kier molecular flexibility index (Phi) is 6.70. The highest BCUT2D eigenvalue weighted by molar-refractivity contribution is 5.81. The number of hydrogen-bond donors (Lipinski definition) is 1. The third-order valence-electron chi connectivity index (χ3n) is 5.07. The summed E-state index contributed by atoms with van der Waals surface area (Å²) in [5.41, 5.74) is 2.80. The number of ether oxygens (including phenoxy) is 2. The van der Waals surface area contributed by atoms with E-state index >= 15 is 0 Å². The molecule has 1 N–H and O–H groups in total. The number of nitrogens with zero attached hydrogens (tertiary/aromatic N) is 1. The zero-order valence-corrected chi connectivity index (χ0v) is 15.3. The third kappa shape index (κ3) is 5.19. The third-order valence-corrected chi connectivity index (χ3v) is 5.07. The Morgan fingerprint density at radius 1 is 1.28 bits per heavy atom. The molecule has 0 saturated carbocycles. The monoisotopic (exact) mass is 346 g/mol. The molecule has 25 heavy (non-hydrogen) atoms. The maximum Gasteiger partial charge on any atom is 0.261 e. The van der Waals surface area contributed by atoms with Crippen molar-refractivity contribution in [3.05, 3.63) is 29.3 Å². The molecule has 1 saturated heterocycles. The molecule has 1 aromatic carbocycles. The maximum atomic E-state index is 12.4. The van der Waals surface area contributed by atoms with Crippen LogP contribution < -0.4 is 10.1 Å². The first-order chi connectivity index (χ1) is 12.3. The number of morpholine rings is 1. The van der Waals surface area contributed by atoms with Gasteiger partial charge in [-0.05, 0) is 61.9 Å². The molecule has 1 amide bonds. The molecular formula is C20H30N2O3. The van der Waals surface area contributed by atoms with Gasteiger partial charge in [-0.3, -0.25) is 9.69 Å². The topological polar surface area (TPSA) is 50.8 Å². The molecule has 1 fully saturated rings. The van der Waals surface area contributed by atoms with Crippen molar-refractivity contribution in [2.45, 2.75) is 45.1 Å². The number of aryl methyl sites for hydroxylation is 2. The highest BCUT2D eigenvalue weighted by Gasteiger charge is 2.19. The van der Waals surface area contributed by atoms with Crippen LogP contribution in [-0.4, -0.2) is 56.3 Å². The van der Waals surface area contributed by atoms with Gasteiger partial charge in [0, 0.05) is 19.6 Å². The predicted octanol–water partition coefficient (Wildman–Crippen LogP) is 2.17. The second-order valence-corrected chi connectivity index (χ2v) is 6.90. The average Bonchev–Trinajstić information content (AvgIpc) is 3.11. The summed E-state index contributed by atoms with van der Waals surface area (Å²) in [6, 6.07) is 6.25. The Labute approximate surface area is 150 Å².